The van der Waals surface area contributed by atoms with Crippen molar-refractivity contribution < 1.29 is 17.6 Å². The van der Waals surface area contributed by atoms with Gasteiger partial charge in [0.15, 0.2) is 0 Å². The van der Waals surface area contributed by atoms with Crippen molar-refractivity contribution in [2.75, 3.05) is 28.3 Å². The molecule has 1 aliphatic heterocycles. The predicted octanol–water partition coefficient (Wildman–Crippen LogP) is 3.62. The minimum atomic E-state index is -3.36. The molecular formula is C20H20N4O4S. The van der Waals surface area contributed by atoms with Crippen LogP contribution in [0.2, 0.25) is 0 Å². The van der Waals surface area contributed by atoms with E-state index >= 15 is 0 Å². The smallest absolute Gasteiger partial charge is 0.229 e. The zero-order chi connectivity index (χ0) is 20.6. The highest BCUT2D eigenvalue weighted by Gasteiger charge is 2.33. The topological polar surface area (TPSA) is 108 Å². The van der Waals surface area contributed by atoms with Crippen LogP contribution in [-0.2, 0) is 10.0 Å². The van der Waals surface area contributed by atoms with Crippen molar-refractivity contribution in [3.8, 4) is 5.75 Å². The van der Waals surface area contributed by atoms with Crippen LogP contribution < -0.4 is 19.7 Å². The van der Waals surface area contributed by atoms with Crippen molar-refractivity contribution in [1.29, 1.82) is 5.41 Å². The Morgan fingerprint density at radius 3 is 2.41 bits per heavy atom. The molecule has 1 unspecified atom stereocenters. The Labute approximate surface area is 168 Å². The van der Waals surface area contributed by atoms with Crippen molar-refractivity contribution >= 4 is 33.1 Å². The van der Waals surface area contributed by atoms with E-state index in [1.54, 1.807) is 43.7 Å². The number of fused-ring (bicyclic) bond motifs is 1. The van der Waals surface area contributed by atoms with Crippen molar-refractivity contribution in [1.82, 2.24) is 0 Å². The lowest BCUT2D eigenvalue weighted by Gasteiger charge is -2.38. The summed E-state index contributed by atoms with van der Waals surface area (Å²) in [5, 5.41) is 12.1. The van der Waals surface area contributed by atoms with Crippen LogP contribution in [0.1, 0.15) is 17.3 Å². The average molecular weight is 412 g/mol. The number of rotatable bonds is 5. The maximum absolute atomic E-state index is 11.5. The van der Waals surface area contributed by atoms with Crippen LogP contribution in [0.4, 0.5) is 17.3 Å². The zero-order valence-electron chi connectivity index (χ0n) is 15.8. The van der Waals surface area contributed by atoms with Gasteiger partial charge in [0.25, 0.3) is 0 Å². The second-order valence-electron chi connectivity index (χ2n) is 6.62. The van der Waals surface area contributed by atoms with Crippen LogP contribution in [0.5, 0.6) is 5.75 Å². The Hall–Kier alpha value is -3.46. The van der Waals surface area contributed by atoms with Crippen LogP contribution in [0.25, 0.3) is 0 Å². The zero-order valence-corrected chi connectivity index (χ0v) is 16.7. The summed E-state index contributed by atoms with van der Waals surface area (Å²) in [7, 11) is -1.75. The number of ether oxygens (including phenoxy) is 1. The van der Waals surface area contributed by atoms with Gasteiger partial charge in [-0.25, -0.2) is 8.42 Å². The van der Waals surface area contributed by atoms with Gasteiger partial charge in [0.05, 0.1) is 25.2 Å². The van der Waals surface area contributed by atoms with Gasteiger partial charge in [0.1, 0.15) is 17.8 Å². The molecule has 0 radical (unpaired) electrons. The molecule has 0 amide bonds. The number of sulfonamides is 1. The molecule has 3 aromatic rings. The number of anilines is 3. The first kappa shape index (κ1) is 18.9. The minimum absolute atomic E-state index is 0.275. The van der Waals surface area contributed by atoms with Crippen molar-refractivity contribution in [3.63, 3.8) is 0 Å². The molecule has 1 aromatic heterocycles. The molecule has 0 spiro atoms. The number of benzene rings is 2. The van der Waals surface area contributed by atoms with Crippen LogP contribution in [-0.4, -0.2) is 27.6 Å². The number of methoxy groups -OCH3 is 1. The van der Waals surface area contributed by atoms with Gasteiger partial charge >= 0.3 is 0 Å². The number of furan rings is 1. The monoisotopic (exact) mass is 412 g/mol. The molecule has 0 aliphatic carbocycles. The summed E-state index contributed by atoms with van der Waals surface area (Å²) in [5.74, 6) is 1.54. The van der Waals surface area contributed by atoms with Crippen LogP contribution >= 0.6 is 0 Å². The summed E-state index contributed by atoms with van der Waals surface area (Å²) < 4.78 is 36.1. The highest BCUT2D eigenvalue weighted by atomic mass is 32.2. The van der Waals surface area contributed by atoms with Gasteiger partial charge in [-0.05, 0) is 48.0 Å². The molecule has 0 saturated heterocycles. The van der Waals surface area contributed by atoms with Crippen LogP contribution in [0.15, 0.2) is 65.3 Å². The fourth-order valence-electron chi connectivity index (χ4n) is 3.26. The summed E-state index contributed by atoms with van der Waals surface area (Å²) in [4.78, 5) is 1.82. The van der Waals surface area contributed by atoms with E-state index in [2.05, 4.69) is 10.0 Å². The molecule has 3 N–H and O–H groups in total. The lowest BCUT2D eigenvalue weighted by molar-refractivity contribution is 0.414. The van der Waals surface area contributed by atoms with E-state index in [9.17, 15) is 8.42 Å². The maximum atomic E-state index is 11.5. The second kappa shape index (κ2) is 7.17. The number of amidine groups is 1. The van der Waals surface area contributed by atoms with Gasteiger partial charge in [0, 0.05) is 11.4 Å². The molecule has 1 aliphatic rings. The average Bonchev–Trinajstić information content (AvgIpc) is 3.17. The Balaban J connectivity index is 1.73. The van der Waals surface area contributed by atoms with E-state index in [1.807, 2.05) is 29.2 Å². The van der Waals surface area contributed by atoms with Gasteiger partial charge in [-0.3, -0.25) is 10.1 Å². The Bertz CT molecular complexity index is 1140. The van der Waals surface area contributed by atoms with E-state index in [1.165, 1.54) is 0 Å². The summed E-state index contributed by atoms with van der Waals surface area (Å²) in [6.07, 6.45) is 2.26. The highest BCUT2D eigenvalue weighted by molar-refractivity contribution is 7.92. The van der Waals surface area contributed by atoms with E-state index in [-0.39, 0.29) is 12.0 Å². The summed E-state index contributed by atoms with van der Waals surface area (Å²) in [5.41, 5.74) is 2.75. The largest absolute Gasteiger partial charge is 0.497 e. The standard InChI is InChI=1S/C20H20N4O4S/c1-27-16-9-3-13(4-10-16)19-22-20-17(11-12-28-20)18(21)24(19)15-7-5-14(6-8-15)23-29(2,25)26/h3-12,19,21-23H,1-2H3. The number of hydrogen-bond acceptors (Lipinski definition) is 6. The minimum Gasteiger partial charge on any atom is -0.497 e. The quantitative estimate of drug-likeness (QED) is 0.591. The van der Waals surface area contributed by atoms with Gasteiger partial charge in [-0.15, -0.1) is 0 Å². The summed E-state index contributed by atoms with van der Waals surface area (Å²) >= 11 is 0. The Kier molecular flexibility index (Phi) is 4.67. The van der Waals surface area contributed by atoms with Gasteiger partial charge < -0.3 is 19.4 Å². The van der Waals surface area contributed by atoms with E-state index in [0.29, 0.717) is 17.1 Å². The van der Waals surface area contributed by atoms with Crippen molar-refractivity contribution in [3.05, 3.63) is 72.0 Å². The number of hydrogen-bond donors (Lipinski definition) is 3. The number of nitrogens with one attached hydrogen (secondary N) is 3. The normalized spacial score (nSPS) is 16.1. The molecule has 0 saturated carbocycles. The third kappa shape index (κ3) is 3.77. The Morgan fingerprint density at radius 2 is 1.79 bits per heavy atom. The first-order valence-electron chi connectivity index (χ1n) is 8.80. The molecular weight excluding hydrogens is 392 g/mol. The molecule has 9 heteroatoms. The lowest BCUT2D eigenvalue weighted by atomic mass is 10.1. The lowest BCUT2D eigenvalue weighted by Crippen LogP contribution is -2.42. The highest BCUT2D eigenvalue weighted by Crippen LogP contribution is 2.37. The fourth-order valence-corrected chi connectivity index (χ4v) is 3.82. The van der Waals surface area contributed by atoms with Gasteiger partial charge in [-0.2, -0.15) is 0 Å². The summed E-state index contributed by atoms with van der Waals surface area (Å²) in [6.45, 7) is 0. The Morgan fingerprint density at radius 1 is 1.10 bits per heavy atom. The van der Waals surface area contributed by atoms with E-state index < -0.39 is 10.0 Å². The fraction of sp³-hybridized carbons (Fsp3) is 0.150. The summed E-state index contributed by atoms with van der Waals surface area (Å²) in [6, 6.07) is 16.2. The first-order chi connectivity index (χ1) is 13.9. The third-order valence-corrected chi connectivity index (χ3v) is 5.17. The molecule has 0 bridgehead atoms. The molecule has 4 rings (SSSR count). The molecule has 2 aromatic carbocycles. The molecule has 1 atom stereocenters. The van der Waals surface area contributed by atoms with Crippen molar-refractivity contribution in [2.24, 2.45) is 0 Å². The molecule has 150 valence electrons. The van der Waals surface area contributed by atoms with Crippen LogP contribution in [0.3, 0.4) is 0 Å². The van der Waals surface area contributed by atoms with Crippen LogP contribution in [0, 0.1) is 5.41 Å². The van der Waals surface area contributed by atoms with E-state index in [0.717, 1.165) is 23.3 Å². The first-order valence-corrected chi connectivity index (χ1v) is 10.7. The third-order valence-electron chi connectivity index (χ3n) is 4.57. The molecule has 0 fully saturated rings. The SMILES string of the molecule is COc1ccc(C2Nc3occc3C(=N)N2c2ccc(NS(C)(=O)=O)cc2)cc1. The van der Waals surface area contributed by atoms with Gasteiger partial charge in [0.2, 0.25) is 15.9 Å². The second-order valence-corrected chi connectivity index (χ2v) is 8.37. The maximum Gasteiger partial charge on any atom is 0.229 e. The van der Waals surface area contributed by atoms with E-state index in [4.69, 9.17) is 14.6 Å². The number of nitrogens with zero attached hydrogens (tertiary/aromatic N) is 1. The molecule has 29 heavy (non-hydrogen) atoms. The predicted molar refractivity (Wildman–Crippen MR) is 112 cm³/mol. The molecule has 8 nitrogen and oxygen atoms in total. The molecule has 2 heterocycles. The van der Waals surface area contributed by atoms with Gasteiger partial charge in [-0.1, -0.05) is 12.1 Å². The van der Waals surface area contributed by atoms with Crippen molar-refractivity contribution in [2.45, 2.75) is 6.17 Å².